The van der Waals surface area contributed by atoms with Gasteiger partial charge in [-0.2, -0.15) is 0 Å². The van der Waals surface area contributed by atoms with Crippen molar-refractivity contribution in [3.05, 3.63) is 29.3 Å². The van der Waals surface area contributed by atoms with Crippen LogP contribution < -0.4 is 5.32 Å². The number of piperidine rings is 1. The van der Waals surface area contributed by atoms with E-state index >= 15 is 0 Å². The summed E-state index contributed by atoms with van der Waals surface area (Å²) in [5.41, 5.74) is 1.88. The van der Waals surface area contributed by atoms with Gasteiger partial charge in [-0.3, -0.25) is 9.59 Å². The summed E-state index contributed by atoms with van der Waals surface area (Å²) < 4.78 is 0. The van der Waals surface area contributed by atoms with E-state index in [-0.39, 0.29) is 11.8 Å². The fraction of sp³-hybridized carbons (Fsp3) is 0.579. The minimum absolute atomic E-state index is 0.0775. The molecule has 0 unspecified atom stereocenters. The molecule has 0 bridgehead atoms. The number of anilines is 1. The van der Waals surface area contributed by atoms with Crippen molar-refractivity contribution in [1.82, 2.24) is 4.90 Å². The van der Waals surface area contributed by atoms with Crippen molar-refractivity contribution < 1.29 is 9.59 Å². The van der Waals surface area contributed by atoms with Gasteiger partial charge in [-0.15, -0.1) is 0 Å². The zero-order chi connectivity index (χ0) is 17.2. The number of amides is 2. The van der Waals surface area contributed by atoms with Crippen molar-refractivity contribution in [1.29, 1.82) is 0 Å². The molecule has 1 fully saturated rings. The van der Waals surface area contributed by atoms with E-state index in [1.54, 1.807) is 13.8 Å². The van der Waals surface area contributed by atoms with Crippen LogP contribution in [-0.2, 0) is 9.59 Å². The Morgan fingerprint density at radius 2 is 1.61 bits per heavy atom. The van der Waals surface area contributed by atoms with E-state index in [9.17, 15) is 9.59 Å². The van der Waals surface area contributed by atoms with Crippen molar-refractivity contribution >= 4 is 17.5 Å². The Labute approximate surface area is 139 Å². The van der Waals surface area contributed by atoms with Gasteiger partial charge in [0.1, 0.15) is 5.41 Å². The molecule has 1 aromatic rings. The molecule has 0 aliphatic carbocycles. The van der Waals surface area contributed by atoms with E-state index < -0.39 is 5.41 Å². The molecule has 23 heavy (non-hydrogen) atoms. The summed E-state index contributed by atoms with van der Waals surface area (Å²) in [5.74, 6) is 0.337. The number of aryl methyl sites for hydroxylation is 2. The Hall–Kier alpha value is -1.84. The fourth-order valence-corrected chi connectivity index (χ4v) is 3.04. The lowest BCUT2D eigenvalue weighted by Gasteiger charge is -2.35. The maximum atomic E-state index is 12.8. The van der Waals surface area contributed by atoms with Crippen LogP contribution in [0.25, 0.3) is 0 Å². The average molecular weight is 316 g/mol. The largest absolute Gasteiger partial charge is 0.342 e. The number of rotatable bonds is 3. The molecule has 0 atom stereocenters. The minimum Gasteiger partial charge on any atom is -0.342 e. The van der Waals surface area contributed by atoms with Crippen LogP contribution in [0.4, 0.5) is 5.69 Å². The monoisotopic (exact) mass is 316 g/mol. The zero-order valence-electron chi connectivity index (χ0n) is 14.9. The van der Waals surface area contributed by atoms with E-state index in [1.165, 1.54) is 0 Å². The first kappa shape index (κ1) is 17.5. The first-order valence-electron chi connectivity index (χ1n) is 8.39. The van der Waals surface area contributed by atoms with Gasteiger partial charge >= 0.3 is 0 Å². The number of carbonyl (C=O) groups is 2. The highest BCUT2D eigenvalue weighted by Gasteiger charge is 2.40. The van der Waals surface area contributed by atoms with Crippen molar-refractivity contribution in [3.8, 4) is 0 Å². The average Bonchev–Trinajstić information content (AvgIpc) is 2.46. The standard InChI is InChI=1S/C19H28N2O2/c1-13-6-8-21(9-7-13)18(23)19(4,5)17(22)20-16-11-14(2)10-15(3)12-16/h10-13H,6-9H2,1-5H3,(H,20,22). The van der Waals surface area contributed by atoms with Crippen molar-refractivity contribution in [2.75, 3.05) is 18.4 Å². The third-order valence-corrected chi connectivity index (χ3v) is 4.65. The van der Waals surface area contributed by atoms with Crippen LogP contribution in [0.15, 0.2) is 18.2 Å². The molecule has 4 nitrogen and oxygen atoms in total. The van der Waals surface area contributed by atoms with E-state index in [1.807, 2.05) is 30.9 Å². The molecule has 0 aromatic heterocycles. The molecule has 1 N–H and O–H groups in total. The molecule has 2 amide bonds. The second-order valence-electron chi connectivity index (χ2n) is 7.43. The molecular weight excluding hydrogens is 288 g/mol. The van der Waals surface area contributed by atoms with Gasteiger partial charge in [0.15, 0.2) is 0 Å². The summed E-state index contributed by atoms with van der Waals surface area (Å²) in [6.07, 6.45) is 2.03. The molecule has 126 valence electrons. The molecule has 4 heteroatoms. The van der Waals surface area contributed by atoms with Crippen LogP contribution in [-0.4, -0.2) is 29.8 Å². The highest BCUT2D eigenvalue weighted by molar-refractivity contribution is 6.09. The molecule has 0 radical (unpaired) electrons. The van der Waals surface area contributed by atoms with Gasteiger partial charge in [-0.05, 0) is 69.7 Å². The van der Waals surface area contributed by atoms with Crippen LogP contribution in [0.5, 0.6) is 0 Å². The van der Waals surface area contributed by atoms with Crippen LogP contribution in [0.2, 0.25) is 0 Å². The smallest absolute Gasteiger partial charge is 0.239 e. The lowest BCUT2D eigenvalue weighted by Crippen LogP contribution is -2.49. The lowest BCUT2D eigenvalue weighted by molar-refractivity contribution is -0.147. The van der Waals surface area contributed by atoms with Gasteiger partial charge in [0.05, 0.1) is 0 Å². The first-order chi connectivity index (χ1) is 10.7. The number of benzene rings is 1. The minimum atomic E-state index is -1.06. The number of hydrogen-bond acceptors (Lipinski definition) is 2. The molecule has 0 saturated carbocycles. The summed E-state index contributed by atoms with van der Waals surface area (Å²) >= 11 is 0. The summed E-state index contributed by atoms with van der Waals surface area (Å²) in [7, 11) is 0. The normalized spacial score (nSPS) is 16.3. The van der Waals surface area contributed by atoms with Crippen LogP contribution in [0.3, 0.4) is 0 Å². The van der Waals surface area contributed by atoms with Crippen molar-refractivity contribution in [2.24, 2.45) is 11.3 Å². The SMILES string of the molecule is Cc1cc(C)cc(NC(=O)C(C)(C)C(=O)N2CCC(C)CC2)c1. The van der Waals surface area contributed by atoms with E-state index in [2.05, 4.69) is 18.3 Å². The second-order valence-corrected chi connectivity index (χ2v) is 7.43. The topological polar surface area (TPSA) is 49.4 Å². The maximum absolute atomic E-state index is 12.8. The number of likely N-dealkylation sites (tertiary alicyclic amines) is 1. The van der Waals surface area contributed by atoms with E-state index in [0.717, 1.165) is 42.7 Å². The molecule has 1 heterocycles. The van der Waals surface area contributed by atoms with E-state index in [0.29, 0.717) is 5.92 Å². The maximum Gasteiger partial charge on any atom is 0.239 e. The van der Waals surface area contributed by atoms with Gasteiger partial charge in [-0.25, -0.2) is 0 Å². The summed E-state index contributed by atoms with van der Waals surface area (Å²) in [6, 6.07) is 5.91. The zero-order valence-corrected chi connectivity index (χ0v) is 14.9. The highest BCUT2D eigenvalue weighted by atomic mass is 16.2. The molecule has 1 aliphatic rings. The Bertz CT molecular complexity index is 579. The van der Waals surface area contributed by atoms with Crippen molar-refractivity contribution in [2.45, 2.75) is 47.5 Å². The van der Waals surface area contributed by atoms with Gasteiger partial charge < -0.3 is 10.2 Å². The fourth-order valence-electron chi connectivity index (χ4n) is 3.04. The number of nitrogens with zero attached hydrogens (tertiary/aromatic N) is 1. The Morgan fingerprint density at radius 3 is 2.13 bits per heavy atom. The Balaban J connectivity index is 2.08. The van der Waals surface area contributed by atoms with Gasteiger partial charge in [0.25, 0.3) is 0 Å². The first-order valence-corrected chi connectivity index (χ1v) is 8.39. The summed E-state index contributed by atoms with van der Waals surface area (Å²) in [4.78, 5) is 27.2. The Morgan fingerprint density at radius 1 is 1.09 bits per heavy atom. The molecule has 2 rings (SSSR count). The third kappa shape index (κ3) is 4.12. The predicted octanol–water partition coefficient (Wildman–Crippen LogP) is 3.53. The van der Waals surface area contributed by atoms with Crippen LogP contribution in [0, 0.1) is 25.2 Å². The molecule has 1 saturated heterocycles. The number of hydrogen-bond donors (Lipinski definition) is 1. The van der Waals surface area contributed by atoms with E-state index in [4.69, 9.17) is 0 Å². The van der Waals surface area contributed by atoms with Gasteiger partial charge in [-0.1, -0.05) is 13.0 Å². The highest BCUT2D eigenvalue weighted by Crippen LogP contribution is 2.26. The number of carbonyl (C=O) groups excluding carboxylic acids is 2. The molecular formula is C19H28N2O2. The molecule has 0 spiro atoms. The van der Waals surface area contributed by atoms with Crippen LogP contribution >= 0.6 is 0 Å². The molecule has 1 aliphatic heterocycles. The van der Waals surface area contributed by atoms with Gasteiger partial charge in [0, 0.05) is 18.8 Å². The second kappa shape index (κ2) is 6.73. The quantitative estimate of drug-likeness (QED) is 0.867. The van der Waals surface area contributed by atoms with Gasteiger partial charge in [0.2, 0.25) is 11.8 Å². The Kier molecular flexibility index (Phi) is 5.12. The predicted molar refractivity (Wildman–Crippen MR) is 93.3 cm³/mol. The molecule has 1 aromatic carbocycles. The lowest BCUT2D eigenvalue weighted by atomic mass is 9.88. The third-order valence-electron chi connectivity index (χ3n) is 4.65. The number of nitrogens with one attached hydrogen (secondary N) is 1. The summed E-state index contributed by atoms with van der Waals surface area (Å²) in [6.45, 7) is 11.1. The van der Waals surface area contributed by atoms with Crippen molar-refractivity contribution in [3.63, 3.8) is 0 Å². The summed E-state index contributed by atoms with van der Waals surface area (Å²) in [5, 5.41) is 2.91. The van der Waals surface area contributed by atoms with Crippen LogP contribution in [0.1, 0.15) is 44.7 Å².